The van der Waals surface area contributed by atoms with Gasteiger partial charge in [0.1, 0.15) is 0 Å². The van der Waals surface area contributed by atoms with Crippen molar-refractivity contribution in [1.29, 1.82) is 0 Å². The number of nitrogens with zero attached hydrogens (tertiary/aromatic N) is 1. The average Bonchev–Trinajstić information content (AvgIpc) is 2.26. The van der Waals surface area contributed by atoms with Gasteiger partial charge in [0.25, 0.3) is 10.0 Å². The Labute approximate surface area is 115 Å². The summed E-state index contributed by atoms with van der Waals surface area (Å²) in [6, 6.07) is 1.47. The smallest absolute Gasteiger partial charge is 0.287 e. The fourth-order valence-corrected chi connectivity index (χ4v) is 2.46. The normalized spacial score (nSPS) is 11.8. The minimum absolute atomic E-state index is 0.0498. The van der Waals surface area contributed by atoms with Gasteiger partial charge < -0.3 is 0 Å². The number of aryl methyl sites for hydroxylation is 1. The Morgan fingerprint density at radius 3 is 2.55 bits per heavy atom. The highest BCUT2D eigenvalue weighted by Gasteiger charge is 2.24. The Balaban J connectivity index is 3.11. The first-order valence-electron chi connectivity index (χ1n) is 5.73. The van der Waals surface area contributed by atoms with Crippen LogP contribution in [0.5, 0.6) is 0 Å². The lowest BCUT2D eigenvalue weighted by Gasteiger charge is -2.10. The predicted octanol–water partition coefficient (Wildman–Crippen LogP) is 1.91. The molecule has 0 heterocycles. The molecule has 0 saturated heterocycles. The zero-order valence-electron chi connectivity index (χ0n) is 11.2. The number of hydrogen-bond acceptors (Lipinski definition) is 5. The molecule has 0 aliphatic carbocycles. The van der Waals surface area contributed by atoms with Crippen molar-refractivity contribution in [2.24, 2.45) is 5.92 Å². The Hall–Kier alpha value is -1.58. The highest BCUT2D eigenvalue weighted by atomic mass is 32.2. The maximum absolute atomic E-state index is 13.3. The zero-order chi connectivity index (χ0) is 15.5. The summed E-state index contributed by atoms with van der Waals surface area (Å²) in [6.45, 7) is 5.12. The number of nitro groups is 1. The van der Waals surface area contributed by atoms with Crippen molar-refractivity contribution in [3.63, 3.8) is 0 Å². The summed E-state index contributed by atoms with van der Waals surface area (Å²) in [4.78, 5) is 15.9. The Morgan fingerprint density at radius 1 is 1.45 bits per heavy atom. The summed E-state index contributed by atoms with van der Waals surface area (Å²) in [6.07, 6.45) is 0. The van der Waals surface area contributed by atoms with Crippen molar-refractivity contribution >= 4 is 15.7 Å². The van der Waals surface area contributed by atoms with Gasteiger partial charge in [-0.2, -0.15) is 4.39 Å². The Bertz CT molecular complexity index is 615. The van der Waals surface area contributed by atoms with Crippen LogP contribution in [0.3, 0.4) is 0 Å². The van der Waals surface area contributed by atoms with E-state index in [0.717, 1.165) is 6.07 Å². The van der Waals surface area contributed by atoms with E-state index in [4.69, 9.17) is 4.84 Å². The fraction of sp³-hybridized carbons (Fsp3) is 0.455. The lowest BCUT2D eigenvalue weighted by Crippen LogP contribution is -2.26. The second kappa shape index (κ2) is 6.25. The SMILES string of the molecule is Cc1cc(F)c([N+](=O)[O-])cc1S(=O)(=O)NOCC(C)C. The van der Waals surface area contributed by atoms with E-state index in [2.05, 4.69) is 0 Å². The molecule has 0 aromatic heterocycles. The molecule has 0 bridgehead atoms. The van der Waals surface area contributed by atoms with Gasteiger partial charge >= 0.3 is 5.69 Å². The van der Waals surface area contributed by atoms with Crippen LogP contribution in [-0.4, -0.2) is 19.9 Å². The molecule has 0 aliphatic heterocycles. The standard InChI is InChI=1S/C11H15FN2O5S/c1-7(2)6-19-13-20(17,18)11-5-10(14(15)16)9(12)4-8(11)3/h4-5,7,13H,6H2,1-3H3. The average molecular weight is 306 g/mol. The van der Waals surface area contributed by atoms with Crippen LogP contribution >= 0.6 is 0 Å². The van der Waals surface area contributed by atoms with Crippen LogP contribution in [0.1, 0.15) is 19.4 Å². The molecule has 7 nitrogen and oxygen atoms in total. The Kier molecular flexibility index (Phi) is 5.15. The van der Waals surface area contributed by atoms with Crippen molar-refractivity contribution in [2.75, 3.05) is 6.61 Å². The molecule has 1 rings (SSSR count). The molecule has 1 N–H and O–H groups in total. The van der Waals surface area contributed by atoms with Gasteiger partial charge in [-0.3, -0.25) is 15.0 Å². The first kappa shape index (κ1) is 16.5. The van der Waals surface area contributed by atoms with E-state index in [1.807, 2.05) is 18.7 Å². The van der Waals surface area contributed by atoms with Crippen LogP contribution in [0.25, 0.3) is 0 Å². The molecular weight excluding hydrogens is 291 g/mol. The molecule has 0 saturated carbocycles. The van der Waals surface area contributed by atoms with Gasteiger partial charge in [-0.1, -0.05) is 18.7 Å². The molecule has 0 amide bonds. The molecule has 0 fully saturated rings. The summed E-state index contributed by atoms with van der Waals surface area (Å²) >= 11 is 0. The Morgan fingerprint density at radius 2 is 2.05 bits per heavy atom. The highest BCUT2D eigenvalue weighted by molar-refractivity contribution is 7.89. The lowest BCUT2D eigenvalue weighted by molar-refractivity contribution is -0.387. The number of rotatable bonds is 6. The summed E-state index contributed by atoms with van der Waals surface area (Å²) in [5.41, 5.74) is -0.853. The molecule has 0 spiro atoms. The molecule has 9 heteroatoms. The van der Waals surface area contributed by atoms with Crippen LogP contribution < -0.4 is 4.89 Å². The molecule has 0 radical (unpaired) electrons. The second-order valence-corrected chi connectivity index (χ2v) is 6.23. The van der Waals surface area contributed by atoms with Crippen molar-refractivity contribution in [1.82, 2.24) is 4.89 Å². The number of hydrogen-bond donors (Lipinski definition) is 1. The fourth-order valence-electron chi connectivity index (χ4n) is 1.39. The van der Waals surface area contributed by atoms with Gasteiger partial charge in [-0.25, -0.2) is 8.42 Å². The minimum Gasteiger partial charge on any atom is -0.287 e. The summed E-state index contributed by atoms with van der Waals surface area (Å²) in [7, 11) is -4.10. The van der Waals surface area contributed by atoms with Crippen LogP contribution in [0.15, 0.2) is 17.0 Å². The van der Waals surface area contributed by atoms with E-state index in [1.165, 1.54) is 6.92 Å². The third-order valence-corrected chi connectivity index (χ3v) is 3.67. The third-order valence-electron chi connectivity index (χ3n) is 2.32. The van der Waals surface area contributed by atoms with E-state index in [9.17, 15) is 22.9 Å². The van der Waals surface area contributed by atoms with Crippen molar-refractivity contribution in [3.8, 4) is 0 Å². The van der Waals surface area contributed by atoms with Gasteiger partial charge in [0, 0.05) is 6.07 Å². The molecular formula is C11H15FN2O5S. The van der Waals surface area contributed by atoms with E-state index in [1.54, 1.807) is 0 Å². The van der Waals surface area contributed by atoms with E-state index in [-0.39, 0.29) is 18.1 Å². The van der Waals surface area contributed by atoms with Gasteiger partial charge in [-0.05, 0) is 24.5 Å². The molecule has 20 heavy (non-hydrogen) atoms. The van der Waals surface area contributed by atoms with Crippen LogP contribution in [0, 0.1) is 28.8 Å². The van der Waals surface area contributed by atoms with Gasteiger partial charge in [0.05, 0.1) is 16.4 Å². The molecule has 112 valence electrons. The molecule has 0 atom stereocenters. The number of halogens is 1. The maximum atomic E-state index is 13.3. The number of nitro benzene ring substituents is 1. The van der Waals surface area contributed by atoms with Crippen LogP contribution in [-0.2, 0) is 14.9 Å². The van der Waals surface area contributed by atoms with Crippen molar-refractivity contribution in [3.05, 3.63) is 33.6 Å². The maximum Gasteiger partial charge on any atom is 0.306 e. The number of sulfonamides is 1. The molecule has 0 unspecified atom stereocenters. The minimum atomic E-state index is -4.10. The molecule has 0 aliphatic rings. The van der Waals surface area contributed by atoms with Gasteiger partial charge in [0.15, 0.2) is 0 Å². The van der Waals surface area contributed by atoms with E-state index >= 15 is 0 Å². The van der Waals surface area contributed by atoms with E-state index in [0.29, 0.717) is 6.07 Å². The molecule has 1 aromatic rings. The molecule has 1 aromatic carbocycles. The quantitative estimate of drug-likeness (QED) is 0.639. The summed E-state index contributed by atoms with van der Waals surface area (Å²) in [5, 5.41) is 10.6. The van der Waals surface area contributed by atoms with Crippen LogP contribution in [0.2, 0.25) is 0 Å². The van der Waals surface area contributed by atoms with Crippen molar-refractivity contribution < 1.29 is 22.6 Å². The highest BCUT2D eigenvalue weighted by Crippen LogP contribution is 2.25. The van der Waals surface area contributed by atoms with Crippen LogP contribution in [0.4, 0.5) is 10.1 Å². The predicted molar refractivity (Wildman–Crippen MR) is 68.9 cm³/mol. The lowest BCUT2D eigenvalue weighted by atomic mass is 10.2. The topological polar surface area (TPSA) is 98.5 Å². The largest absolute Gasteiger partial charge is 0.306 e. The summed E-state index contributed by atoms with van der Waals surface area (Å²) in [5.74, 6) is -0.990. The first-order valence-corrected chi connectivity index (χ1v) is 7.21. The monoisotopic (exact) mass is 306 g/mol. The number of nitrogens with one attached hydrogen (secondary N) is 1. The van der Waals surface area contributed by atoms with Crippen molar-refractivity contribution in [2.45, 2.75) is 25.7 Å². The van der Waals surface area contributed by atoms with Gasteiger partial charge in [-0.15, -0.1) is 0 Å². The summed E-state index contributed by atoms with van der Waals surface area (Å²) < 4.78 is 37.2. The zero-order valence-corrected chi connectivity index (χ0v) is 12.0. The third kappa shape index (κ3) is 3.95. The number of benzene rings is 1. The second-order valence-electron chi connectivity index (χ2n) is 4.62. The first-order chi connectivity index (χ1) is 9.15. The van der Waals surface area contributed by atoms with E-state index < -0.39 is 31.3 Å². The van der Waals surface area contributed by atoms with Gasteiger partial charge in [0.2, 0.25) is 5.82 Å².